The molecule has 16 N–H and O–H groups in total. The lowest BCUT2D eigenvalue weighted by atomic mass is 10.2. The van der Waals surface area contributed by atoms with E-state index in [1.807, 2.05) is 0 Å². The molecule has 4 unspecified atom stereocenters. The summed E-state index contributed by atoms with van der Waals surface area (Å²) in [5, 5.41) is 21.4. The number of thioether (sulfide) groups is 1. The van der Waals surface area contributed by atoms with Gasteiger partial charge in [0.05, 0.1) is 51.8 Å². The molecule has 0 radical (unpaired) electrons. The summed E-state index contributed by atoms with van der Waals surface area (Å²) in [7, 11) is -21.7. The molecule has 106 heavy (non-hydrogen) atoms. The number of unbranched alkanes of at least 4 members (excludes halogenated alkanes) is 1. The van der Waals surface area contributed by atoms with Gasteiger partial charge in [0, 0.05) is 62.2 Å². The van der Waals surface area contributed by atoms with Gasteiger partial charge in [-0.15, -0.1) is 0 Å². The van der Waals surface area contributed by atoms with E-state index in [2.05, 4.69) is 54.8 Å². The Hall–Kier alpha value is -7.61. The van der Waals surface area contributed by atoms with Gasteiger partial charge < -0.3 is 81.2 Å². The summed E-state index contributed by atoms with van der Waals surface area (Å²) >= 11 is 1.13. The van der Waals surface area contributed by atoms with Gasteiger partial charge in [0.2, 0.25) is 5.95 Å². The van der Waals surface area contributed by atoms with E-state index in [9.17, 15) is 72.0 Å². The smallest absolute Gasteiger partial charge is 0.394 e. The maximum Gasteiger partial charge on any atom is 0.472 e. The third kappa shape index (κ3) is 17.0. The summed E-state index contributed by atoms with van der Waals surface area (Å²) in [4.78, 5) is 150. The number of aromatic nitrogens is 16. The number of rotatable bonds is 31. The van der Waals surface area contributed by atoms with Crippen LogP contribution in [0.15, 0.2) is 68.1 Å². The zero-order valence-electron chi connectivity index (χ0n) is 54.9. The van der Waals surface area contributed by atoms with Crippen LogP contribution in [0.5, 0.6) is 0 Å². The zero-order valence-corrected chi connectivity index (χ0v) is 59.3. The second-order valence-electron chi connectivity index (χ2n) is 24.4. The molecule has 5 fully saturated rings. The molecule has 0 spiro atoms. The number of aryl methyl sites for hydroxylation is 1. The number of anilines is 4. The Bertz CT molecular complexity index is 5050. The van der Waals surface area contributed by atoms with Crippen molar-refractivity contribution < 1.29 is 113 Å². The number of carbonyl (C=O) groups excluding carboxylic acids is 1. The molecule has 574 valence electrons. The third-order valence-electron chi connectivity index (χ3n) is 17.3. The number of carbonyl (C=O) groups is 1. The highest BCUT2D eigenvalue weighted by Gasteiger charge is 2.50. The van der Waals surface area contributed by atoms with E-state index < -0.39 is 198 Å². The second kappa shape index (κ2) is 31.2. The number of hydrogen-bond acceptors (Lipinski definition) is 38. The van der Waals surface area contributed by atoms with Gasteiger partial charge in [-0.3, -0.25) is 78.6 Å². The lowest BCUT2D eigenvalue weighted by Crippen LogP contribution is -2.33. The van der Waals surface area contributed by atoms with Crippen LogP contribution < -0.4 is 45.4 Å². The van der Waals surface area contributed by atoms with E-state index in [0.717, 1.165) is 33.4 Å². The average molecular weight is 1590 g/mol. The van der Waals surface area contributed by atoms with E-state index in [4.69, 9.17) is 82.8 Å². The minimum Gasteiger partial charge on any atom is -0.394 e. The molecule has 0 aromatic carbocycles. The number of aromatic amines is 2. The van der Waals surface area contributed by atoms with E-state index in [1.165, 1.54) is 51.9 Å². The Labute approximate surface area is 596 Å². The number of nitrogens with zero attached hydrogens (tertiary/aromatic N) is 14. The topological polar surface area (TPSA) is 671 Å². The van der Waals surface area contributed by atoms with E-state index >= 15 is 0 Å². The number of nitrogens with one attached hydrogen (secondary N) is 2. The summed E-state index contributed by atoms with van der Waals surface area (Å²) in [6.45, 7) is -3.22. The standard InChI is InChI=1S/C53H68N20O28P4S/c1-23-13-70(52(80)68-48(23)77)37-11-27(100-102(81,82)89-15-30-24(76)8-35(94-30)71-21-62-40-43(55)58-19-60-45(40)71)32(96-37)17-91-105(87,88)101-28-12-39(73-46-41(44(56)59-20-61-46)65-53(73)106-7-3-2-6-74)97-33(28)18-92-104(85,86)99-26-10-36(69-5-4-34(54)64-51(69)79)95-31(26)16-90-103(83,84)98-25-9-38(93-29(25)14-75)72-22-63-42-47(72)66-50(57)67-49(42)78/h4-6,13,19-22,24-33,35-39,75-76H,2-3,7-12,14-18H2,1H3,(H,81,82)(H,83,84)(H,85,86)(H,87,88)(H2,54,64,79)(H2,55,58,60)(H2,56,59,61)(H,68,77,80)(H3,57,66,67,78)/t24-,25-,26-,27-,28-,29+,30+,31+,32+,33+,35+,36+,37+,38+,39+/m0/s1. The van der Waals surface area contributed by atoms with Gasteiger partial charge in [-0.05, 0) is 19.4 Å². The molecule has 0 amide bonds. The van der Waals surface area contributed by atoms with E-state index in [-0.39, 0.29) is 86.9 Å². The highest BCUT2D eigenvalue weighted by molar-refractivity contribution is 7.99. The molecule has 19 atom stereocenters. The van der Waals surface area contributed by atoms with E-state index in [1.54, 1.807) is 0 Å². The van der Waals surface area contributed by atoms with Crippen LogP contribution in [0.4, 0.5) is 23.4 Å². The third-order valence-corrected chi connectivity index (χ3v) is 22.4. The van der Waals surface area contributed by atoms with Crippen molar-refractivity contribution in [3.8, 4) is 0 Å². The molecule has 8 aromatic heterocycles. The molecule has 5 aliphatic heterocycles. The number of imidazole rings is 3. The Morgan fingerprint density at radius 1 is 0.575 bits per heavy atom. The molecular weight excluding hydrogens is 1520 g/mol. The Kier molecular flexibility index (Phi) is 22.5. The largest absolute Gasteiger partial charge is 0.472 e. The van der Waals surface area contributed by atoms with Crippen molar-refractivity contribution in [2.75, 3.05) is 61.7 Å². The molecular formula is C53H68N20O28P4S. The number of H-pyrrole nitrogens is 2. The first-order valence-corrected chi connectivity index (χ1v) is 38.9. The number of nitrogen functional groups attached to an aromatic ring is 4. The van der Waals surface area contributed by atoms with Gasteiger partial charge in [0.25, 0.3) is 11.1 Å². The number of aliphatic hydroxyl groups excluding tert-OH is 2. The zero-order chi connectivity index (χ0) is 75.3. The molecule has 0 aliphatic carbocycles. The summed E-state index contributed by atoms with van der Waals surface area (Å²) in [6, 6.07) is 1.23. The van der Waals surface area contributed by atoms with Gasteiger partial charge in [0.1, 0.15) is 116 Å². The van der Waals surface area contributed by atoms with Crippen LogP contribution in [-0.2, 0) is 82.9 Å². The molecule has 8 aromatic rings. The monoisotopic (exact) mass is 1590 g/mol. The SMILES string of the molecule is Cc1cn([C@H]2C[C@H](OP(=O)(O)OC[C@H]3O[C@@H](n4cnc5c(N)ncnc54)C[C@@H]3O)[C@@H](COP(=O)(O)O[C@H]3C[C@H](n4c(SCCCC=O)nc5c(N)ncnc54)O[C@@H]3COP(=O)(O)O[C@H]3C[C@H](n4ccc(N)nc4=O)O[C@@H]3COP(=O)(O)O[C@H]3C[C@H](n4cnc5c(=O)[nH]c(N)nc54)O[C@@H]3CO)O2)c(=O)[nH]c1=O. The molecule has 48 nitrogen and oxygen atoms in total. The first kappa shape index (κ1) is 76.6. The average Bonchev–Trinajstić information content (AvgIpc) is 1.62. The molecule has 13 heterocycles. The lowest BCUT2D eigenvalue weighted by molar-refractivity contribution is -0.107. The fourth-order valence-electron chi connectivity index (χ4n) is 12.3. The number of aliphatic hydroxyl groups is 2. The normalized spacial score (nSPS) is 28.5. The Morgan fingerprint density at radius 2 is 1.07 bits per heavy atom. The predicted octanol–water partition coefficient (Wildman–Crippen LogP) is -0.886. The lowest BCUT2D eigenvalue weighted by Gasteiger charge is -2.25. The fraction of sp³-hybridized carbons (Fsp3) is 0.547. The van der Waals surface area contributed by atoms with Crippen molar-refractivity contribution in [2.24, 2.45) is 0 Å². The quantitative estimate of drug-likeness (QED) is 0.0109. The van der Waals surface area contributed by atoms with Crippen molar-refractivity contribution in [2.45, 2.75) is 149 Å². The summed E-state index contributed by atoms with van der Waals surface area (Å²) in [6.07, 6.45) is -14.8. The predicted molar refractivity (Wildman–Crippen MR) is 355 cm³/mol. The van der Waals surface area contributed by atoms with Crippen molar-refractivity contribution in [3.05, 3.63) is 91.0 Å². The summed E-state index contributed by atoms with van der Waals surface area (Å²) < 4.78 is 137. The number of hydrogen-bond donors (Lipinski definition) is 12. The number of aldehydes is 1. The number of ether oxygens (including phenoxy) is 5. The van der Waals surface area contributed by atoms with Gasteiger partial charge >= 0.3 is 42.7 Å². The van der Waals surface area contributed by atoms with Crippen molar-refractivity contribution >= 4 is 106 Å². The fourth-order valence-corrected chi connectivity index (χ4v) is 17.2. The van der Waals surface area contributed by atoms with Gasteiger partial charge in [0.15, 0.2) is 44.8 Å². The Balaban J connectivity index is 0.719. The minimum atomic E-state index is -5.56. The summed E-state index contributed by atoms with van der Waals surface area (Å²) in [5.74, 6) is -0.154. The molecule has 0 saturated carbocycles. The van der Waals surface area contributed by atoms with Crippen LogP contribution in [0, 0.1) is 6.92 Å². The van der Waals surface area contributed by atoms with Crippen LogP contribution >= 0.6 is 43.1 Å². The molecule has 13 rings (SSSR count). The van der Waals surface area contributed by atoms with Crippen molar-refractivity contribution in [1.82, 2.24) is 77.7 Å². The second-order valence-corrected chi connectivity index (χ2v) is 31.1. The molecule has 53 heteroatoms. The molecule has 5 aliphatic rings. The van der Waals surface area contributed by atoms with Crippen LogP contribution in [0.2, 0.25) is 0 Å². The van der Waals surface area contributed by atoms with Crippen molar-refractivity contribution in [3.63, 3.8) is 0 Å². The first-order chi connectivity index (χ1) is 50.4. The first-order valence-electron chi connectivity index (χ1n) is 32.0. The maximum atomic E-state index is 14.5. The van der Waals surface area contributed by atoms with Gasteiger partial charge in [-0.25, -0.2) is 62.7 Å². The van der Waals surface area contributed by atoms with Gasteiger partial charge in [-0.2, -0.15) is 9.97 Å². The van der Waals surface area contributed by atoms with Crippen LogP contribution in [0.1, 0.15) is 81.6 Å². The van der Waals surface area contributed by atoms with Crippen molar-refractivity contribution in [1.29, 1.82) is 0 Å². The summed E-state index contributed by atoms with van der Waals surface area (Å²) in [5.41, 5.74) is 20.8. The maximum absolute atomic E-state index is 14.5. The highest BCUT2D eigenvalue weighted by Crippen LogP contribution is 2.55. The number of phosphoric acid groups is 4. The number of phosphoric ester groups is 4. The molecule has 5 saturated heterocycles. The highest BCUT2D eigenvalue weighted by atomic mass is 32.2. The minimum absolute atomic E-state index is 0.0203. The molecule has 0 bridgehead atoms. The number of fused-ring (bicyclic) bond motifs is 3. The van der Waals surface area contributed by atoms with Gasteiger partial charge in [-0.1, -0.05) is 11.8 Å². The Morgan fingerprint density at radius 3 is 1.65 bits per heavy atom. The van der Waals surface area contributed by atoms with Crippen LogP contribution in [0.25, 0.3) is 33.5 Å². The number of nitrogens with two attached hydrogens (primary N) is 4. The van der Waals surface area contributed by atoms with E-state index in [0.29, 0.717) is 18.5 Å². The van der Waals surface area contributed by atoms with Crippen LogP contribution in [0.3, 0.4) is 0 Å². The van der Waals surface area contributed by atoms with Crippen LogP contribution in [-0.4, -0.2) is 214 Å².